The highest BCUT2D eigenvalue weighted by Gasteiger charge is 2.30. The van der Waals surface area contributed by atoms with Gasteiger partial charge in [0.1, 0.15) is 10.5 Å². The van der Waals surface area contributed by atoms with Gasteiger partial charge >= 0.3 is 6.18 Å². The molecule has 11 heteroatoms. The molecule has 0 bridgehead atoms. The zero-order valence-corrected chi connectivity index (χ0v) is 17.1. The third kappa shape index (κ3) is 4.75. The van der Waals surface area contributed by atoms with E-state index in [1.807, 2.05) is 6.07 Å². The Hall–Kier alpha value is -3.24. The summed E-state index contributed by atoms with van der Waals surface area (Å²) in [5.41, 5.74) is 5.70. The Morgan fingerprint density at radius 1 is 1.10 bits per heavy atom. The van der Waals surface area contributed by atoms with Crippen LogP contribution in [0.15, 0.2) is 48.5 Å². The summed E-state index contributed by atoms with van der Waals surface area (Å²) >= 11 is 7.32. The fraction of sp³-hybridized carbons (Fsp3) is 0.100. The van der Waals surface area contributed by atoms with E-state index in [2.05, 4.69) is 15.0 Å². The van der Waals surface area contributed by atoms with E-state index >= 15 is 0 Å². The number of hydrogen-bond donors (Lipinski definition) is 1. The second-order valence-electron chi connectivity index (χ2n) is 6.39. The number of aromatic nitrogens is 3. The molecule has 0 saturated heterocycles. The maximum atomic E-state index is 12.8. The number of hydrogen-bond acceptors (Lipinski definition) is 6. The van der Waals surface area contributed by atoms with Crippen LogP contribution in [0.4, 0.5) is 13.2 Å². The number of fused-ring (bicyclic) bond motifs is 1. The number of thiazole rings is 1. The smallest absolute Gasteiger partial charge is 0.416 e. The second kappa shape index (κ2) is 8.12. The number of nitrogens with two attached hydrogens (primary N) is 1. The van der Waals surface area contributed by atoms with E-state index in [-0.39, 0.29) is 17.6 Å². The molecular weight excluding hydrogens is 453 g/mol. The average molecular weight is 465 g/mol. The maximum Gasteiger partial charge on any atom is 0.416 e. The van der Waals surface area contributed by atoms with Gasteiger partial charge < -0.3 is 10.5 Å². The minimum atomic E-state index is -4.43. The number of rotatable bonds is 5. The Morgan fingerprint density at radius 3 is 2.52 bits per heavy atom. The number of para-hydroxylation sites is 1. The van der Waals surface area contributed by atoms with Gasteiger partial charge in [0.15, 0.2) is 5.75 Å². The molecule has 0 aliphatic carbocycles. The van der Waals surface area contributed by atoms with Crippen molar-refractivity contribution in [3.05, 3.63) is 64.4 Å². The molecule has 0 atom stereocenters. The van der Waals surface area contributed by atoms with E-state index < -0.39 is 17.6 Å². The average Bonchev–Trinajstić information content (AvgIpc) is 3.10. The van der Waals surface area contributed by atoms with Crippen LogP contribution in [0.3, 0.4) is 0 Å². The predicted molar refractivity (Wildman–Crippen MR) is 110 cm³/mol. The Bertz CT molecular complexity index is 1280. The van der Waals surface area contributed by atoms with Gasteiger partial charge in [-0.25, -0.2) is 9.97 Å². The third-order valence-corrected chi connectivity index (χ3v) is 5.34. The van der Waals surface area contributed by atoms with Crippen LogP contribution in [0.1, 0.15) is 10.6 Å². The molecule has 0 unspecified atom stereocenters. The van der Waals surface area contributed by atoms with Crippen molar-refractivity contribution >= 4 is 39.1 Å². The van der Waals surface area contributed by atoms with Crippen molar-refractivity contribution in [1.82, 2.24) is 15.0 Å². The minimum absolute atomic E-state index is 0.0101. The zero-order chi connectivity index (χ0) is 22.2. The molecule has 4 rings (SSSR count). The lowest BCUT2D eigenvalue weighted by Gasteiger charge is -2.09. The van der Waals surface area contributed by atoms with Crippen LogP contribution in [0.2, 0.25) is 5.28 Å². The number of alkyl halides is 3. The number of primary amides is 1. The minimum Gasteiger partial charge on any atom is -0.437 e. The van der Waals surface area contributed by atoms with Gasteiger partial charge in [-0.3, -0.25) is 4.79 Å². The molecule has 0 aliphatic rings. The largest absolute Gasteiger partial charge is 0.437 e. The molecule has 2 N–H and O–H groups in total. The van der Waals surface area contributed by atoms with Gasteiger partial charge in [-0.1, -0.05) is 18.2 Å². The summed E-state index contributed by atoms with van der Waals surface area (Å²) in [6.45, 7) is 0. The Kier molecular flexibility index (Phi) is 5.50. The number of carbonyl (C=O) groups excluding carboxylic acids is 1. The van der Waals surface area contributed by atoms with Crippen LogP contribution in [0.25, 0.3) is 21.5 Å². The Balaban J connectivity index is 1.66. The first-order valence-electron chi connectivity index (χ1n) is 8.76. The molecule has 1 amide bonds. The highest BCUT2D eigenvalue weighted by atomic mass is 35.5. The number of ether oxygens (including phenoxy) is 1. The molecular formula is C20H12ClF3N4O2S. The first-order chi connectivity index (χ1) is 14.7. The van der Waals surface area contributed by atoms with Crippen molar-refractivity contribution in [2.75, 3.05) is 0 Å². The Morgan fingerprint density at radius 2 is 1.84 bits per heavy atom. The van der Waals surface area contributed by atoms with Crippen molar-refractivity contribution in [3.8, 4) is 22.9 Å². The molecule has 4 aromatic rings. The van der Waals surface area contributed by atoms with Gasteiger partial charge in [0.2, 0.25) is 17.1 Å². The van der Waals surface area contributed by atoms with Crippen molar-refractivity contribution in [2.45, 2.75) is 12.6 Å². The summed E-state index contributed by atoms with van der Waals surface area (Å²) < 4.78 is 45.0. The van der Waals surface area contributed by atoms with Crippen LogP contribution < -0.4 is 10.5 Å². The van der Waals surface area contributed by atoms with Crippen molar-refractivity contribution in [1.29, 1.82) is 0 Å². The summed E-state index contributed by atoms with van der Waals surface area (Å²) in [5.74, 6) is -0.0326. The van der Waals surface area contributed by atoms with Crippen LogP contribution >= 0.6 is 22.9 Å². The lowest BCUT2D eigenvalue weighted by atomic mass is 10.1. The van der Waals surface area contributed by atoms with E-state index in [0.29, 0.717) is 27.5 Å². The SMILES string of the molecule is NC(=O)Cc1nc2c(Oc3cc(-c4ccc(C(F)(F)F)cc4)nc(Cl)n3)cccc2s1. The van der Waals surface area contributed by atoms with E-state index in [1.165, 1.54) is 29.5 Å². The van der Waals surface area contributed by atoms with E-state index in [4.69, 9.17) is 22.1 Å². The molecule has 2 aromatic carbocycles. The van der Waals surface area contributed by atoms with Crippen LogP contribution in [-0.2, 0) is 17.4 Å². The maximum absolute atomic E-state index is 12.8. The highest BCUT2D eigenvalue weighted by molar-refractivity contribution is 7.18. The van der Waals surface area contributed by atoms with Gasteiger partial charge in [-0.05, 0) is 35.9 Å². The first-order valence-corrected chi connectivity index (χ1v) is 9.95. The molecule has 0 fully saturated rings. The van der Waals surface area contributed by atoms with Gasteiger partial charge in [0.05, 0.1) is 22.4 Å². The monoisotopic (exact) mass is 464 g/mol. The summed E-state index contributed by atoms with van der Waals surface area (Å²) in [5, 5.41) is 0.414. The lowest BCUT2D eigenvalue weighted by Crippen LogP contribution is -2.13. The molecule has 2 heterocycles. The van der Waals surface area contributed by atoms with E-state index in [0.717, 1.165) is 16.8 Å². The molecule has 0 radical (unpaired) electrons. The van der Waals surface area contributed by atoms with Gasteiger partial charge in [0, 0.05) is 11.6 Å². The molecule has 6 nitrogen and oxygen atoms in total. The molecule has 0 spiro atoms. The van der Waals surface area contributed by atoms with E-state index in [9.17, 15) is 18.0 Å². The van der Waals surface area contributed by atoms with Crippen molar-refractivity contribution in [2.24, 2.45) is 5.73 Å². The predicted octanol–water partition coefficient (Wildman–Crippen LogP) is 5.25. The lowest BCUT2D eigenvalue weighted by molar-refractivity contribution is -0.137. The standard InChI is InChI=1S/C20H12ClF3N4O2S/c21-19-26-12(10-4-6-11(7-5-10)20(22,23)24)8-16(27-19)30-13-2-1-3-14-18(13)28-17(31-14)9-15(25)29/h1-8H,9H2,(H2,25,29). The number of carbonyl (C=O) groups is 1. The highest BCUT2D eigenvalue weighted by Crippen LogP contribution is 2.34. The van der Waals surface area contributed by atoms with Gasteiger partial charge in [-0.2, -0.15) is 18.2 Å². The normalized spacial score (nSPS) is 11.6. The van der Waals surface area contributed by atoms with Crippen molar-refractivity contribution < 1.29 is 22.7 Å². The quantitative estimate of drug-likeness (QED) is 0.407. The fourth-order valence-electron chi connectivity index (χ4n) is 2.82. The number of benzene rings is 2. The summed E-state index contributed by atoms with van der Waals surface area (Å²) in [6, 6.07) is 11.2. The molecule has 158 valence electrons. The summed E-state index contributed by atoms with van der Waals surface area (Å²) in [4.78, 5) is 23.7. The zero-order valence-electron chi connectivity index (χ0n) is 15.5. The first kappa shape index (κ1) is 21.0. The number of amides is 1. The summed E-state index contributed by atoms with van der Waals surface area (Å²) in [6.07, 6.45) is -4.42. The topological polar surface area (TPSA) is 91.0 Å². The van der Waals surface area contributed by atoms with E-state index in [1.54, 1.807) is 12.1 Å². The molecule has 31 heavy (non-hydrogen) atoms. The molecule has 0 saturated carbocycles. The molecule has 0 aliphatic heterocycles. The second-order valence-corrected chi connectivity index (χ2v) is 7.84. The Labute approximate surface area is 182 Å². The molecule has 2 aromatic heterocycles. The van der Waals surface area contributed by atoms with Crippen LogP contribution in [0.5, 0.6) is 11.6 Å². The van der Waals surface area contributed by atoms with Gasteiger partial charge in [-0.15, -0.1) is 11.3 Å². The summed E-state index contributed by atoms with van der Waals surface area (Å²) in [7, 11) is 0. The fourth-order valence-corrected chi connectivity index (χ4v) is 3.98. The van der Waals surface area contributed by atoms with Crippen molar-refractivity contribution in [3.63, 3.8) is 0 Å². The van der Waals surface area contributed by atoms with Crippen LogP contribution in [0, 0.1) is 0 Å². The van der Waals surface area contributed by atoms with Crippen LogP contribution in [-0.4, -0.2) is 20.9 Å². The van der Waals surface area contributed by atoms with Gasteiger partial charge in [0.25, 0.3) is 0 Å². The number of nitrogens with zero attached hydrogens (tertiary/aromatic N) is 3. The third-order valence-electron chi connectivity index (χ3n) is 4.15. The number of halogens is 4.